The quantitative estimate of drug-likeness (QED) is 0.497. The molecule has 0 bridgehead atoms. The smallest absolute Gasteiger partial charge is 0.0137 e. The maximum atomic E-state index is 2.68. The fraction of sp³-hybridized carbons (Fsp3) is 1.00. The molecule has 0 N–H and O–H groups in total. The summed E-state index contributed by atoms with van der Waals surface area (Å²) in [6.07, 6.45) is 0. The minimum absolute atomic E-state index is 0.255. The molecule has 0 saturated carbocycles. The fourth-order valence-corrected chi connectivity index (χ4v) is 20.2. The molecule has 0 amide bonds. The second kappa shape index (κ2) is 3.81. The lowest BCUT2D eigenvalue weighted by molar-refractivity contribution is 2.16. The Hall–Kier alpha value is 0.868. The Balaban J connectivity index is 3.58. The van der Waals surface area contributed by atoms with Crippen molar-refractivity contribution in [2.75, 3.05) is 0 Å². The molecule has 0 unspecified atom stereocenters. The van der Waals surface area contributed by atoms with Crippen LogP contribution in [-0.4, -0.2) is 33.7 Å². The first kappa shape index (κ1) is 8.87. The highest BCUT2D eigenvalue weighted by molar-refractivity contribution is 7.69. The molecular formula is C4H18Si4. The van der Waals surface area contributed by atoms with E-state index in [1.807, 2.05) is 0 Å². The van der Waals surface area contributed by atoms with Crippen molar-refractivity contribution in [3.8, 4) is 0 Å². The topological polar surface area (TPSA) is 0 Å². The van der Waals surface area contributed by atoms with Crippen LogP contribution in [0.3, 0.4) is 0 Å². The van der Waals surface area contributed by atoms with E-state index in [0.717, 1.165) is 0 Å². The Morgan fingerprint density at radius 3 is 1.12 bits per heavy atom. The van der Waals surface area contributed by atoms with Gasteiger partial charge in [-0.25, -0.2) is 0 Å². The molecule has 0 spiro atoms. The average Bonchev–Trinajstić information content (AvgIpc) is 1.87. The Bertz CT molecular complexity index is 50.8. The van der Waals surface area contributed by atoms with Crippen LogP contribution in [0.1, 0.15) is 0 Å². The molecule has 0 aliphatic heterocycles. The highest BCUT2D eigenvalue weighted by Gasteiger charge is 2.19. The maximum Gasteiger partial charge on any atom is 0.0137 e. The normalized spacial score (nSPS) is 22.5. The Morgan fingerprint density at radius 1 is 0.875 bits per heavy atom. The first-order valence-electron chi connectivity index (χ1n) is 3.68. The molecule has 0 aromatic carbocycles. The highest BCUT2D eigenvalue weighted by atomic mass is 29.9. The fourth-order valence-electron chi connectivity index (χ4n) is 0.750. The summed E-state index contributed by atoms with van der Waals surface area (Å²) in [6, 6.07) is 0. The van der Waals surface area contributed by atoms with Crippen molar-refractivity contribution in [2.45, 2.75) is 26.2 Å². The van der Waals surface area contributed by atoms with Gasteiger partial charge in [0.05, 0.1) is 0 Å². The zero-order valence-electron chi connectivity index (χ0n) is 6.62. The zero-order valence-corrected chi connectivity index (χ0v) is 11.9. The van der Waals surface area contributed by atoms with E-state index in [2.05, 4.69) is 26.2 Å². The van der Waals surface area contributed by atoms with E-state index in [-0.39, 0.29) is 6.63 Å². The monoisotopic (exact) mass is 178 g/mol. The van der Waals surface area contributed by atoms with E-state index < -0.39 is 0 Å². The van der Waals surface area contributed by atoms with Gasteiger partial charge in [-0.3, -0.25) is 0 Å². The molecule has 0 aromatic heterocycles. The van der Waals surface area contributed by atoms with Crippen LogP contribution in [0.2, 0.25) is 26.2 Å². The molecule has 50 valence electrons. The second-order valence-corrected chi connectivity index (χ2v) is 39.3. The van der Waals surface area contributed by atoms with Crippen molar-refractivity contribution in [1.29, 1.82) is 0 Å². The third-order valence-electron chi connectivity index (χ3n) is 2.56. The van der Waals surface area contributed by atoms with E-state index in [4.69, 9.17) is 0 Å². The highest BCUT2D eigenvalue weighted by Crippen LogP contribution is 1.94. The van der Waals surface area contributed by atoms with Crippen molar-refractivity contribution in [3.05, 3.63) is 0 Å². The van der Waals surface area contributed by atoms with Gasteiger partial charge in [-0.05, 0) is 0 Å². The van der Waals surface area contributed by atoms with E-state index in [1.54, 1.807) is 0 Å². The standard InChI is InChI=1S/C4H18Si4/c1-5-8(4,6-2)7-3/h5-7H2,1-4H3. The van der Waals surface area contributed by atoms with Crippen LogP contribution in [0.4, 0.5) is 0 Å². The lowest BCUT2D eigenvalue weighted by Gasteiger charge is -2.19. The SMILES string of the molecule is C[SiH2][Si](C)([SiH2]C)[SiH2]C. The van der Waals surface area contributed by atoms with Crippen molar-refractivity contribution < 1.29 is 0 Å². The van der Waals surface area contributed by atoms with Crippen LogP contribution < -0.4 is 0 Å². The molecule has 0 radical (unpaired) electrons. The summed E-state index contributed by atoms with van der Waals surface area (Å²) in [5, 5.41) is 0. The number of hydrogen-bond acceptors (Lipinski definition) is 0. The van der Waals surface area contributed by atoms with Gasteiger partial charge in [0.15, 0.2) is 0 Å². The summed E-state index contributed by atoms with van der Waals surface area (Å²) in [6.45, 7) is 10.0. The van der Waals surface area contributed by atoms with Gasteiger partial charge < -0.3 is 0 Å². The zero-order chi connectivity index (χ0) is 6.62. The van der Waals surface area contributed by atoms with Crippen LogP contribution >= 0.6 is 0 Å². The van der Waals surface area contributed by atoms with Gasteiger partial charge >= 0.3 is 0 Å². The Labute approximate surface area is 60.3 Å². The summed E-state index contributed by atoms with van der Waals surface area (Å²) in [7, 11) is 1.48. The molecule has 0 aromatic rings. The number of hydrogen-bond donors (Lipinski definition) is 0. The molecule has 8 heavy (non-hydrogen) atoms. The summed E-state index contributed by atoms with van der Waals surface area (Å²) in [5.41, 5.74) is 0. The van der Waals surface area contributed by atoms with E-state index in [9.17, 15) is 0 Å². The van der Waals surface area contributed by atoms with Gasteiger partial charge in [-0.15, -0.1) is 0 Å². The van der Waals surface area contributed by atoms with E-state index >= 15 is 0 Å². The molecule has 0 nitrogen and oxygen atoms in total. The Kier molecular flexibility index (Phi) is 4.22. The predicted molar refractivity (Wildman–Crippen MR) is 54.8 cm³/mol. The van der Waals surface area contributed by atoms with Crippen molar-refractivity contribution >= 4 is 33.7 Å². The van der Waals surface area contributed by atoms with E-state index in [0.29, 0.717) is 27.1 Å². The lowest BCUT2D eigenvalue weighted by Crippen LogP contribution is -2.48. The van der Waals surface area contributed by atoms with Gasteiger partial charge in [-0.1, -0.05) is 26.2 Å². The lowest BCUT2D eigenvalue weighted by atomic mass is 11.9. The molecule has 0 fully saturated rings. The predicted octanol–water partition coefficient (Wildman–Crippen LogP) is -0.794. The van der Waals surface area contributed by atoms with Gasteiger partial charge in [0.2, 0.25) is 0 Å². The molecule has 4 heteroatoms. The minimum atomic E-state index is -0.255. The third-order valence-corrected chi connectivity index (χ3v) is 50.0. The molecular weight excluding hydrogens is 160 g/mol. The minimum Gasteiger partial charge on any atom is -0.0770 e. The van der Waals surface area contributed by atoms with Crippen LogP contribution in [-0.2, 0) is 0 Å². The molecule has 0 rings (SSSR count). The van der Waals surface area contributed by atoms with Gasteiger partial charge in [-0.2, -0.15) is 0 Å². The van der Waals surface area contributed by atoms with Crippen LogP contribution in [0.25, 0.3) is 0 Å². The Morgan fingerprint density at radius 2 is 1.12 bits per heavy atom. The van der Waals surface area contributed by atoms with Crippen LogP contribution in [0.5, 0.6) is 0 Å². The van der Waals surface area contributed by atoms with Crippen molar-refractivity contribution in [1.82, 2.24) is 0 Å². The van der Waals surface area contributed by atoms with Gasteiger partial charge in [0.25, 0.3) is 0 Å². The van der Waals surface area contributed by atoms with Crippen LogP contribution in [0, 0.1) is 0 Å². The summed E-state index contributed by atoms with van der Waals surface area (Å²) < 4.78 is 0. The first-order valence-corrected chi connectivity index (χ1v) is 17.4. The van der Waals surface area contributed by atoms with Crippen molar-refractivity contribution in [3.63, 3.8) is 0 Å². The summed E-state index contributed by atoms with van der Waals surface area (Å²) in [5.74, 6) is 0. The molecule has 0 saturated heterocycles. The van der Waals surface area contributed by atoms with E-state index in [1.165, 1.54) is 0 Å². The third kappa shape index (κ3) is 2.43. The van der Waals surface area contributed by atoms with Crippen molar-refractivity contribution in [2.24, 2.45) is 0 Å². The second-order valence-electron chi connectivity index (χ2n) is 2.87. The van der Waals surface area contributed by atoms with Gasteiger partial charge in [0, 0.05) is 33.7 Å². The molecule has 0 atom stereocenters. The summed E-state index contributed by atoms with van der Waals surface area (Å²) >= 11 is 0. The molecule has 0 aliphatic carbocycles. The average molecular weight is 179 g/mol. The maximum absolute atomic E-state index is 2.68. The van der Waals surface area contributed by atoms with Gasteiger partial charge in [0.1, 0.15) is 0 Å². The first-order chi connectivity index (χ1) is 3.68. The largest absolute Gasteiger partial charge is 0.0770 e. The van der Waals surface area contributed by atoms with Crippen LogP contribution in [0.15, 0.2) is 0 Å². The molecule has 0 aliphatic rings. The number of rotatable bonds is 3. The molecule has 0 heterocycles. The summed E-state index contributed by atoms with van der Waals surface area (Å²) in [4.78, 5) is 0.